The number of benzene rings is 1. The highest BCUT2D eigenvalue weighted by atomic mass is 32.2. The lowest BCUT2D eigenvalue weighted by molar-refractivity contribution is 0.0692. The third-order valence-electron chi connectivity index (χ3n) is 3.12. The van der Waals surface area contributed by atoms with Gasteiger partial charge < -0.3 is 9.84 Å². The van der Waals surface area contributed by atoms with Crippen molar-refractivity contribution in [2.45, 2.75) is 30.7 Å². The van der Waals surface area contributed by atoms with E-state index in [1.807, 2.05) is 12.2 Å². The molecule has 0 saturated heterocycles. The first-order valence-electron chi connectivity index (χ1n) is 6.61. The van der Waals surface area contributed by atoms with Gasteiger partial charge in [0.25, 0.3) is 0 Å². The first-order chi connectivity index (χ1) is 9.94. The van der Waals surface area contributed by atoms with Crippen molar-refractivity contribution in [2.75, 3.05) is 6.61 Å². The average molecular weight is 311 g/mol. The summed E-state index contributed by atoms with van der Waals surface area (Å²) in [5.41, 5.74) is -0.163. The number of nitrogens with one attached hydrogen (secondary N) is 1. The van der Waals surface area contributed by atoms with E-state index in [1.54, 1.807) is 6.92 Å². The molecule has 0 heterocycles. The van der Waals surface area contributed by atoms with E-state index in [4.69, 9.17) is 9.84 Å². The molecular weight excluding hydrogens is 294 g/mol. The number of carbonyl (C=O) groups is 1. The van der Waals surface area contributed by atoms with E-state index in [-0.39, 0.29) is 22.3 Å². The predicted molar refractivity (Wildman–Crippen MR) is 77.1 cm³/mol. The summed E-state index contributed by atoms with van der Waals surface area (Å²) in [5.74, 6) is -1.07. The standard InChI is InChI=1S/C14H17NO5S/c1-2-20-13-8-7-11(9-12(13)14(16)17)21(18,19)15-10-5-3-4-6-10/h3-4,7-10,15H,2,5-6H2,1H3,(H,16,17). The Labute approximate surface area is 123 Å². The molecule has 0 saturated carbocycles. The summed E-state index contributed by atoms with van der Waals surface area (Å²) in [4.78, 5) is 11.1. The molecule has 0 spiro atoms. The maximum atomic E-state index is 12.3. The number of ether oxygens (including phenoxy) is 1. The Balaban J connectivity index is 2.30. The minimum atomic E-state index is -3.74. The molecule has 0 amide bonds. The summed E-state index contributed by atoms with van der Waals surface area (Å²) >= 11 is 0. The van der Waals surface area contributed by atoms with Crippen LogP contribution < -0.4 is 9.46 Å². The highest BCUT2D eigenvalue weighted by Gasteiger charge is 2.23. The molecule has 0 aliphatic heterocycles. The number of rotatable bonds is 6. The van der Waals surface area contributed by atoms with Crippen molar-refractivity contribution in [3.63, 3.8) is 0 Å². The molecule has 0 atom stereocenters. The van der Waals surface area contributed by atoms with Gasteiger partial charge in [-0.25, -0.2) is 17.9 Å². The third-order valence-corrected chi connectivity index (χ3v) is 4.64. The molecular formula is C14H17NO5S. The quantitative estimate of drug-likeness (QED) is 0.781. The van der Waals surface area contributed by atoms with Crippen molar-refractivity contribution >= 4 is 16.0 Å². The molecule has 0 unspecified atom stereocenters. The largest absolute Gasteiger partial charge is 0.493 e. The van der Waals surface area contributed by atoms with Crippen LogP contribution in [0.5, 0.6) is 5.75 Å². The minimum absolute atomic E-state index is 0.0738. The summed E-state index contributed by atoms with van der Waals surface area (Å²) in [6, 6.07) is 3.67. The number of hydrogen-bond acceptors (Lipinski definition) is 4. The van der Waals surface area contributed by atoms with Gasteiger partial charge in [0.15, 0.2) is 0 Å². The van der Waals surface area contributed by atoms with Gasteiger partial charge in [-0.1, -0.05) is 12.2 Å². The van der Waals surface area contributed by atoms with Crippen LogP contribution in [-0.2, 0) is 10.0 Å². The SMILES string of the molecule is CCOc1ccc(S(=O)(=O)NC2CC=CC2)cc1C(=O)O. The zero-order valence-corrected chi connectivity index (χ0v) is 12.4. The molecule has 0 aromatic heterocycles. The van der Waals surface area contributed by atoms with Crippen LogP contribution in [0.15, 0.2) is 35.2 Å². The zero-order valence-electron chi connectivity index (χ0n) is 11.6. The molecule has 1 aromatic rings. The minimum Gasteiger partial charge on any atom is -0.493 e. The molecule has 1 aliphatic carbocycles. The summed E-state index contributed by atoms with van der Waals surface area (Å²) in [6.45, 7) is 2.03. The number of sulfonamides is 1. The van der Waals surface area contributed by atoms with E-state index in [0.29, 0.717) is 19.4 Å². The molecule has 0 bridgehead atoms. The zero-order chi connectivity index (χ0) is 15.5. The highest BCUT2D eigenvalue weighted by Crippen LogP contribution is 2.23. The molecule has 6 nitrogen and oxygen atoms in total. The van der Waals surface area contributed by atoms with Crippen LogP contribution in [0.2, 0.25) is 0 Å². The summed E-state index contributed by atoms with van der Waals surface area (Å²) in [7, 11) is -3.74. The van der Waals surface area contributed by atoms with Gasteiger partial charge in [0, 0.05) is 6.04 Å². The first kappa shape index (κ1) is 15.5. The Morgan fingerprint density at radius 2 is 2.05 bits per heavy atom. The van der Waals surface area contributed by atoms with Crippen molar-refractivity contribution < 1.29 is 23.1 Å². The van der Waals surface area contributed by atoms with Gasteiger partial charge >= 0.3 is 5.97 Å². The molecule has 7 heteroatoms. The van der Waals surface area contributed by atoms with Crippen LogP contribution in [0.25, 0.3) is 0 Å². The monoisotopic (exact) mass is 311 g/mol. The van der Waals surface area contributed by atoms with Crippen LogP contribution in [0.3, 0.4) is 0 Å². The topological polar surface area (TPSA) is 92.7 Å². The maximum Gasteiger partial charge on any atom is 0.339 e. The molecule has 0 radical (unpaired) electrons. The first-order valence-corrected chi connectivity index (χ1v) is 8.10. The van der Waals surface area contributed by atoms with Gasteiger partial charge in [0.1, 0.15) is 11.3 Å². The Hall–Kier alpha value is -1.86. The smallest absolute Gasteiger partial charge is 0.339 e. The maximum absolute atomic E-state index is 12.3. The van der Waals surface area contributed by atoms with Crippen molar-refractivity contribution in [2.24, 2.45) is 0 Å². The fourth-order valence-electron chi connectivity index (χ4n) is 2.13. The van der Waals surface area contributed by atoms with Crippen molar-refractivity contribution in [1.29, 1.82) is 0 Å². The van der Waals surface area contributed by atoms with Crippen molar-refractivity contribution in [3.05, 3.63) is 35.9 Å². The average Bonchev–Trinajstić information content (AvgIpc) is 2.91. The summed E-state index contributed by atoms with van der Waals surface area (Å²) < 4.78 is 32.3. The third kappa shape index (κ3) is 3.62. The van der Waals surface area contributed by atoms with E-state index in [2.05, 4.69) is 4.72 Å². The molecule has 1 aliphatic rings. The Bertz CT molecular complexity index is 658. The van der Waals surface area contributed by atoms with E-state index in [0.717, 1.165) is 6.07 Å². The fourth-order valence-corrected chi connectivity index (χ4v) is 3.41. The predicted octanol–water partition coefficient (Wildman–Crippen LogP) is 1.78. The van der Waals surface area contributed by atoms with Gasteiger partial charge in [-0.3, -0.25) is 0 Å². The highest BCUT2D eigenvalue weighted by molar-refractivity contribution is 7.89. The van der Waals surface area contributed by atoms with Crippen molar-refractivity contribution in [3.8, 4) is 5.75 Å². The van der Waals surface area contributed by atoms with Crippen LogP contribution in [0.1, 0.15) is 30.1 Å². The second kappa shape index (κ2) is 6.28. The molecule has 1 aromatic carbocycles. The Morgan fingerprint density at radius 1 is 1.38 bits per heavy atom. The second-order valence-corrected chi connectivity index (χ2v) is 6.37. The lowest BCUT2D eigenvalue weighted by Crippen LogP contribution is -2.33. The Kier molecular flexibility index (Phi) is 4.64. The van der Waals surface area contributed by atoms with E-state index < -0.39 is 16.0 Å². The number of carboxylic acid groups (broad SMARTS) is 1. The van der Waals surface area contributed by atoms with Crippen molar-refractivity contribution in [1.82, 2.24) is 4.72 Å². The van der Waals surface area contributed by atoms with Gasteiger partial charge in [0.2, 0.25) is 10.0 Å². The van der Waals surface area contributed by atoms with Crippen LogP contribution >= 0.6 is 0 Å². The normalized spacial score (nSPS) is 15.3. The molecule has 21 heavy (non-hydrogen) atoms. The molecule has 2 N–H and O–H groups in total. The summed E-state index contributed by atoms with van der Waals surface area (Å²) in [5, 5.41) is 9.16. The number of carboxylic acids is 1. The lowest BCUT2D eigenvalue weighted by Gasteiger charge is -2.14. The van der Waals surface area contributed by atoms with Crippen LogP contribution in [0.4, 0.5) is 0 Å². The van der Waals surface area contributed by atoms with Gasteiger partial charge in [-0.2, -0.15) is 0 Å². The van der Waals surface area contributed by atoms with E-state index in [9.17, 15) is 13.2 Å². The molecule has 2 rings (SSSR count). The van der Waals surface area contributed by atoms with Gasteiger partial charge in [-0.15, -0.1) is 0 Å². The lowest BCUT2D eigenvalue weighted by atomic mass is 10.2. The summed E-state index contributed by atoms with van der Waals surface area (Å²) in [6.07, 6.45) is 5.10. The number of hydrogen-bond donors (Lipinski definition) is 2. The molecule has 114 valence electrons. The van der Waals surface area contributed by atoms with Crippen LogP contribution in [-0.4, -0.2) is 32.1 Å². The van der Waals surface area contributed by atoms with Gasteiger partial charge in [-0.05, 0) is 38.0 Å². The fraction of sp³-hybridized carbons (Fsp3) is 0.357. The van der Waals surface area contributed by atoms with Crippen LogP contribution in [0, 0.1) is 0 Å². The number of aromatic carboxylic acids is 1. The second-order valence-electron chi connectivity index (χ2n) is 4.66. The Morgan fingerprint density at radius 3 is 2.62 bits per heavy atom. The van der Waals surface area contributed by atoms with E-state index in [1.165, 1.54) is 12.1 Å². The van der Waals surface area contributed by atoms with Gasteiger partial charge in [0.05, 0.1) is 11.5 Å². The molecule has 0 fully saturated rings. The van der Waals surface area contributed by atoms with E-state index >= 15 is 0 Å².